The molecule has 1 aliphatic heterocycles. The molecule has 6 N–H and O–H groups in total. The van der Waals surface area contributed by atoms with Crippen LogP contribution in [0.5, 0.6) is 0 Å². The van der Waals surface area contributed by atoms with Crippen LogP contribution in [0.4, 0.5) is 0 Å². The summed E-state index contributed by atoms with van der Waals surface area (Å²) in [6, 6.07) is -1.04. The molecule has 11 heteroatoms. The largest absolute Gasteiger partial charge is 0.454 e. The van der Waals surface area contributed by atoms with E-state index in [1.165, 1.54) is 161 Å². The maximum absolute atomic E-state index is 13.4. The molecule has 470 valence electrons. The topological polar surface area (TPSA) is 175 Å². The zero-order valence-electron chi connectivity index (χ0n) is 52.1. The van der Waals surface area contributed by atoms with Gasteiger partial charge in [-0.1, -0.05) is 293 Å². The van der Waals surface area contributed by atoms with Crippen molar-refractivity contribution in [3.05, 3.63) is 72.9 Å². The molecule has 0 aromatic carbocycles. The first-order chi connectivity index (χ1) is 39.7. The lowest BCUT2D eigenvalue weighted by molar-refractivity contribution is -0.305. The Hall–Kier alpha value is -2.90. The molecule has 8 unspecified atom stereocenters. The number of carbonyl (C=O) groups excluding carboxylic acids is 2. The Labute approximate surface area is 496 Å². The van der Waals surface area contributed by atoms with Crippen LogP contribution in [0.3, 0.4) is 0 Å². The van der Waals surface area contributed by atoms with Crippen molar-refractivity contribution >= 4 is 11.9 Å². The van der Waals surface area contributed by atoms with Crippen LogP contribution in [0.2, 0.25) is 0 Å². The van der Waals surface area contributed by atoms with Crippen LogP contribution in [0.15, 0.2) is 72.9 Å². The fourth-order valence-electron chi connectivity index (χ4n) is 10.3. The van der Waals surface area contributed by atoms with E-state index in [9.17, 15) is 35.1 Å². The normalized spacial score (nSPS) is 19.1. The van der Waals surface area contributed by atoms with E-state index in [1.54, 1.807) is 6.08 Å². The Kier molecular flexibility index (Phi) is 54.1. The van der Waals surface area contributed by atoms with E-state index >= 15 is 0 Å². The first kappa shape index (κ1) is 76.1. The molecule has 0 aromatic heterocycles. The average molecular weight is 1140 g/mol. The Balaban J connectivity index is 2.60. The Bertz CT molecular complexity index is 1590. The van der Waals surface area contributed by atoms with Crippen LogP contribution in [-0.4, -0.2) is 99.6 Å². The van der Waals surface area contributed by atoms with E-state index in [1.807, 2.05) is 6.08 Å². The number of aliphatic hydroxyl groups is 5. The molecule has 0 aromatic rings. The van der Waals surface area contributed by atoms with Gasteiger partial charge in [0.2, 0.25) is 5.91 Å². The van der Waals surface area contributed by atoms with Crippen LogP contribution in [0, 0.1) is 0 Å². The number of esters is 1. The minimum Gasteiger partial charge on any atom is -0.454 e. The molecule has 0 saturated carbocycles. The smallest absolute Gasteiger partial charge is 0.306 e. The van der Waals surface area contributed by atoms with Gasteiger partial charge in [0.1, 0.15) is 24.4 Å². The second-order valence-electron chi connectivity index (χ2n) is 23.2. The summed E-state index contributed by atoms with van der Waals surface area (Å²) in [4.78, 5) is 26.6. The molecule has 0 spiro atoms. The Morgan fingerprint density at radius 1 is 0.494 bits per heavy atom. The van der Waals surface area contributed by atoms with Gasteiger partial charge in [-0.2, -0.15) is 0 Å². The molecule has 0 bridgehead atoms. The summed E-state index contributed by atoms with van der Waals surface area (Å²) in [5.74, 6) is -1.22. The van der Waals surface area contributed by atoms with E-state index in [0.29, 0.717) is 12.8 Å². The standard InChI is InChI=1S/C70H125NO10/c1-4-7-10-13-16-19-22-24-26-28-30-31-32-33-34-36-38-40-43-46-49-52-55-58-65(75)81-68-67(77)66(76)64(59-72)80-70(68)79-60-61(62(73)56-53-50-47-44-41-21-18-15-12-9-6-3)71-69(78)63(74)57-54-51-48-45-42-39-37-35-29-27-25-23-20-17-14-11-8-5-2/h8,11,17,20,25,27,35,37,42,45,53,56,61-64,66-68,70,72-74,76-77H,4-7,9-10,12-16,18-19,21-24,26,28-34,36,38-41,43-44,46-52,54-55,57-60H2,1-3H3,(H,71,78)/b11-8-,20-17-,27-25-,37-35-,45-42-,56-53+. The van der Waals surface area contributed by atoms with Crippen LogP contribution in [0.1, 0.15) is 297 Å². The highest BCUT2D eigenvalue weighted by Crippen LogP contribution is 2.26. The van der Waals surface area contributed by atoms with Crippen molar-refractivity contribution in [2.75, 3.05) is 13.2 Å². The van der Waals surface area contributed by atoms with Crippen molar-refractivity contribution in [2.45, 2.75) is 346 Å². The van der Waals surface area contributed by atoms with Crippen LogP contribution in [0.25, 0.3) is 0 Å². The SMILES string of the molecule is CC/C=C\C/C=C\C/C=C\C/C=C\C/C=C\CCCCC(O)C(=O)NC(COC1OC(CO)C(O)C(O)C1OC(=O)CCCCCCCCCCCCCCCCCCCCCCCCC)C(O)/C=C/CCCCCCCCCCC. The van der Waals surface area contributed by atoms with Gasteiger partial charge in [-0.3, -0.25) is 9.59 Å². The highest BCUT2D eigenvalue weighted by atomic mass is 16.7. The number of rotatable bonds is 57. The molecule has 1 aliphatic rings. The van der Waals surface area contributed by atoms with Crippen LogP contribution in [-0.2, 0) is 23.8 Å². The minimum atomic E-state index is -1.62. The van der Waals surface area contributed by atoms with Gasteiger partial charge in [0, 0.05) is 6.42 Å². The molecule has 0 radical (unpaired) electrons. The second kappa shape index (κ2) is 57.5. The number of carbonyl (C=O) groups is 2. The molecule has 8 atom stereocenters. The molecular formula is C70H125NO10. The number of unbranched alkanes of at least 4 members (excludes halogenated alkanes) is 33. The number of ether oxygens (including phenoxy) is 3. The van der Waals surface area contributed by atoms with Gasteiger partial charge in [0.25, 0.3) is 0 Å². The summed E-state index contributed by atoms with van der Waals surface area (Å²) in [5, 5.41) is 57.0. The third kappa shape index (κ3) is 45.2. The third-order valence-corrected chi connectivity index (χ3v) is 15.6. The molecule has 0 aliphatic carbocycles. The van der Waals surface area contributed by atoms with Gasteiger partial charge >= 0.3 is 5.97 Å². The fourth-order valence-corrected chi connectivity index (χ4v) is 10.3. The zero-order valence-corrected chi connectivity index (χ0v) is 52.1. The Morgan fingerprint density at radius 2 is 0.889 bits per heavy atom. The van der Waals surface area contributed by atoms with E-state index in [4.69, 9.17) is 14.2 Å². The molecule has 1 saturated heterocycles. The molecule has 1 amide bonds. The first-order valence-electron chi connectivity index (χ1n) is 33.7. The summed E-state index contributed by atoms with van der Waals surface area (Å²) in [7, 11) is 0. The van der Waals surface area contributed by atoms with E-state index in [-0.39, 0.29) is 19.4 Å². The summed E-state index contributed by atoms with van der Waals surface area (Å²) in [6.45, 7) is 5.67. The molecule has 11 nitrogen and oxygen atoms in total. The van der Waals surface area contributed by atoms with Crippen molar-refractivity contribution in [1.82, 2.24) is 5.32 Å². The Morgan fingerprint density at radius 3 is 1.33 bits per heavy atom. The predicted octanol–water partition coefficient (Wildman–Crippen LogP) is 16.7. The lowest BCUT2D eigenvalue weighted by Crippen LogP contribution is -2.61. The maximum Gasteiger partial charge on any atom is 0.306 e. The monoisotopic (exact) mass is 1140 g/mol. The van der Waals surface area contributed by atoms with Crippen molar-refractivity contribution in [3.8, 4) is 0 Å². The lowest BCUT2D eigenvalue weighted by atomic mass is 9.99. The number of hydrogen-bond donors (Lipinski definition) is 6. The van der Waals surface area contributed by atoms with E-state index < -0.39 is 67.4 Å². The maximum atomic E-state index is 13.4. The van der Waals surface area contributed by atoms with Gasteiger partial charge < -0.3 is 45.1 Å². The third-order valence-electron chi connectivity index (χ3n) is 15.6. The molecule has 1 heterocycles. The number of amides is 1. The van der Waals surface area contributed by atoms with Crippen molar-refractivity contribution in [3.63, 3.8) is 0 Å². The summed E-state index contributed by atoms with van der Waals surface area (Å²) < 4.78 is 17.6. The minimum absolute atomic E-state index is 0.121. The van der Waals surface area contributed by atoms with Gasteiger partial charge in [0.15, 0.2) is 12.4 Å². The highest BCUT2D eigenvalue weighted by molar-refractivity contribution is 5.80. The highest BCUT2D eigenvalue weighted by Gasteiger charge is 2.47. The van der Waals surface area contributed by atoms with Crippen LogP contribution < -0.4 is 5.32 Å². The number of aliphatic hydroxyl groups excluding tert-OH is 5. The molecule has 1 fully saturated rings. The van der Waals surface area contributed by atoms with Gasteiger partial charge in [-0.25, -0.2) is 0 Å². The van der Waals surface area contributed by atoms with Gasteiger partial charge in [0.05, 0.1) is 25.4 Å². The molecular weight excluding hydrogens is 1010 g/mol. The van der Waals surface area contributed by atoms with Gasteiger partial charge in [-0.05, 0) is 70.6 Å². The average Bonchev–Trinajstić information content (AvgIpc) is 3.51. The summed E-state index contributed by atoms with van der Waals surface area (Å²) >= 11 is 0. The van der Waals surface area contributed by atoms with Crippen molar-refractivity contribution in [1.29, 1.82) is 0 Å². The van der Waals surface area contributed by atoms with Crippen molar-refractivity contribution in [2.24, 2.45) is 0 Å². The van der Waals surface area contributed by atoms with Crippen LogP contribution >= 0.6 is 0 Å². The van der Waals surface area contributed by atoms with E-state index in [0.717, 1.165) is 89.9 Å². The zero-order chi connectivity index (χ0) is 58.9. The van der Waals surface area contributed by atoms with E-state index in [2.05, 4.69) is 86.8 Å². The summed E-state index contributed by atoms with van der Waals surface area (Å²) in [6.07, 6.45) is 63.8. The molecule has 1 rings (SSSR count). The predicted molar refractivity (Wildman–Crippen MR) is 338 cm³/mol. The van der Waals surface area contributed by atoms with Gasteiger partial charge in [-0.15, -0.1) is 0 Å². The lowest BCUT2D eigenvalue weighted by Gasteiger charge is -2.41. The number of hydrogen-bond acceptors (Lipinski definition) is 10. The first-order valence-corrected chi connectivity index (χ1v) is 33.7. The fraction of sp³-hybridized carbons (Fsp3) is 0.800. The molecule has 81 heavy (non-hydrogen) atoms. The number of allylic oxidation sites excluding steroid dienone is 11. The quantitative estimate of drug-likeness (QED) is 0.0195. The van der Waals surface area contributed by atoms with Crippen molar-refractivity contribution < 1.29 is 49.3 Å². The summed E-state index contributed by atoms with van der Waals surface area (Å²) in [5.41, 5.74) is 0. The number of nitrogens with one attached hydrogen (secondary N) is 1. The second-order valence-corrected chi connectivity index (χ2v) is 23.2.